The summed E-state index contributed by atoms with van der Waals surface area (Å²) in [7, 11) is 0. The Hall–Kier alpha value is -2.50. The molecule has 5 heteroatoms. The van der Waals surface area contributed by atoms with Crippen LogP contribution in [-0.2, 0) is 16.0 Å². The third-order valence-electron chi connectivity index (χ3n) is 6.68. The summed E-state index contributed by atoms with van der Waals surface area (Å²) in [6, 6.07) is 12.3. The van der Waals surface area contributed by atoms with Crippen LogP contribution in [0.15, 0.2) is 66.0 Å². The number of nitrogens with zero attached hydrogens (tertiary/aromatic N) is 2. The van der Waals surface area contributed by atoms with Gasteiger partial charge in [-0.1, -0.05) is 24.3 Å². The van der Waals surface area contributed by atoms with Crippen molar-refractivity contribution >= 4 is 28.2 Å². The molecule has 3 fully saturated rings. The maximum atomic E-state index is 12.9. The van der Waals surface area contributed by atoms with E-state index in [1.165, 1.54) is 6.42 Å². The first-order valence-electron chi connectivity index (χ1n) is 10.6. The highest BCUT2D eigenvalue weighted by Gasteiger charge is 2.44. The molecule has 154 valence electrons. The molecule has 0 aliphatic carbocycles. The summed E-state index contributed by atoms with van der Waals surface area (Å²) >= 11 is 1.61. The summed E-state index contributed by atoms with van der Waals surface area (Å²) in [5.41, 5.74) is 3.02. The Morgan fingerprint density at radius 3 is 3.00 bits per heavy atom. The third-order valence-corrected chi connectivity index (χ3v) is 7.41. The van der Waals surface area contributed by atoms with Gasteiger partial charge in [0, 0.05) is 23.7 Å². The SMILES string of the molecule is C=C[C@H]1CN2CC[C@H]1C[C@@H]2[C@@H](OC(=O)Cc1ccsc1)c1ccnc2ccccc12. The van der Waals surface area contributed by atoms with Crippen LogP contribution in [0.3, 0.4) is 0 Å². The molecule has 5 heterocycles. The largest absolute Gasteiger partial charge is 0.456 e. The van der Waals surface area contributed by atoms with Crippen LogP contribution < -0.4 is 0 Å². The van der Waals surface area contributed by atoms with E-state index in [0.29, 0.717) is 18.3 Å². The lowest BCUT2D eigenvalue weighted by atomic mass is 9.73. The Labute approximate surface area is 181 Å². The van der Waals surface area contributed by atoms with Crippen LogP contribution in [0.4, 0.5) is 0 Å². The average Bonchev–Trinajstić information content (AvgIpc) is 3.30. The van der Waals surface area contributed by atoms with Gasteiger partial charge in [-0.15, -0.1) is 6.58 Å². The molecule has 1 aromatic carbocycles. The molecular formula is C25H26N2O2S. The summed E-state index contributed by atoms with van der Waals surface area (Å²) in [5.74, 6) is 0.984. The molecule has 3 aliphatic rings. The van der Waals surface area contributed by atoms with E-state index in [-0.39, 0.29) is 18.1 Å². The van der Waals surface area contributed by atoms with E-state index in [4.69, 9.17) is 4.74 Å². The molecule has 6 rings (SSSR count). The number of esters is 1. The van der Waals surface area contributed by atoms with Crippen LogP contribution in [0.1, 0.15) is 30.1 Å². The van der Waals surface area contributed by atoms with Gasteiger partial charge < -0.3 is 4.74 Å². The van der Waals surface area contributed by atoms with Crippen LogP contribution >= 0.6 is 11.3 Å². The number of thiophene rings is 1. The molecule has 0 spiro atoms. The van der Waals surface area contributed by atoms with E-state index < -0.39 is 0 Å². The van der Waals surface area contributed by atoms with Crippen LogP contribution in [-0.4, -0.2) is 35.0 Å². The zero-order valence-corrected chi connectivity index (χ0v) is 17.8. The molecule has 5 atom stereocenters. The third kappa shape index (κ3) is 3.68. The van der Waals surface area contributed by atoms with Gasteiger partial charge in [-0.05, 0) is 65.7 Å². The van der Waals surface area contributed by atoms with Crippen molar-refractivity contribution in [3.63, 3.8) is 0 Å². The van der Waals surface area contributed by atoms with Crippen LogP contribution in [0.5, 0.6) is 0 Å². The Bertz CT molecular complexity index is 1040. The van der Waals surface area contributed by atoms with Crippen molar-refractivity contribution < 1.29 is 9.53 Å². The summed E-state index contributed by atoms with van der Waals surface area (Å²) in [6.07, 6.45) is 6.18. The average molecular weight is 419 g/mol. The number of aromatic nitrogens is 1. The number of carbonyl (C=O) groups excluding carboxylic acids is 1. The van der Waals surface area contributed by atoms with Crippen LogP contribution in [0.25, 0.3) is 10.9 Å². The number of carbonyl (C=O) groups is 1. The number of para-hydroxylation sites is 1. The molecule has 30 heavy (non-hydrogen) atoms. The van der Waals surface area contributed by atoms with Crippen molar-refractivity contribution in [1.82, 2.24) is 9.88 Å². The molecule has 0 radical (unpaired) electrons. The fraction of sp³-hybridized carbons (Fsp3) is 0.360. The number of benzene rings is 1. The Kier molecular flexibility index (Phi) is 5.40. The van der Waals surface area contributed by atoms with E-state index in [1.807, 2.05) is 47.3 Å². The van der Waals surface area contributed by atoms with Crippen LogP contribution in [0.2, 0.25) is 0 Å². The number of fused-ring (bicyclic) bond motifs is 4. The molecule has 0 N–H and O–H groups in total. The highest BCUT2D eigenvalue weighted by molar-refractivity contribution is 7.08. The second-order valence-corrected chi connectivity index (χ2v) is 9.16. The van der Waals surface area contributed by atoms with Gasteiger partial charge in [-0.25, -0.2) is 0 Å². The van der Waals surface area contributed by atoms with E-state index in [0.717, 1.165) is 41.5 Å². The Balaban J connectivity index is 1.49. The van der Waals surface area contributed by atoms with Gasteiger partial charge >= 0.3 is 5.97 Å². The molecule has 0 amide bonds. The quantitative estimate of drug-likeness (QED) is 0.416. The maximum Gasteiger partial charge on any atom is 0.310 e. The second kappa shape index (κ2) is 8.32. The minimum Gasteiger partial charge on any atom is -0.456 e. The number of piperidine rings is 3. The first kappa shape index (κ1) is 19.5. The van der Waals surface area contributed by atoms with Gasteiger partial charge in [0.1, 0.15) is 6.10 Å². The van der Waals surface area contributed by atoms with Crippen molar-refractivity contribution in [1.29, 1.82) is 0 Å². The first-order valence-corrected chi connectivity index (χ1v) is 11.6. The number of ether oxygens (including phenoxy) is 1. The standard InChI is InChI=1S/C25H26N2O2S/c1-2-18-15-27-11-8-19(18)14-23(27)25(29-24(28)13-17-9-12-30-16-17)21-7-10-26-22-6-4-3-5-20(21)22/h2-7,9-10,12,16,18-19,23,25H,1,8,11,13-15H2/t18-,19-,23+,25-/m0/s1. The van der Waals surface area contributed by atoms with Crippen molar-refractivity contribution in [2.45, 2.75) is 31.4 Å². The minimum absolute atomic E-state index is 0.165. The Morgan fingerprint density at radius 1 is 1.33 bits per heavy atom. The lowest BCUT2D eigenvalue weighted by Crippen LogP contribution is -2.55. The van der Waals surface area contributed by atoms with Crippen molar-refractivity contribution in [2.24, 2.45) is 11.8 Å². The number of pyridine rings is 1. The second-order valence-electron chi connectivity index (χ2n) is 8.38. The first-order chi connectivity index (χ1) is 14.7. The number of rotatable bonds is 6. The summed E-state index contributed by atoms with van der Waals surface area (Å²) < 4.78 is 6.25. The lowest BCUT2D eigenvalue weighted by Gasteiger charge is -2.51. The van der Waals surface area contributed by atoms with Gasteiger partial charge in [0.15, 0.2) is 0 Å². The molecule has 1 unspecified atom stereocenters. The fourth-order valence-corrected chi connectivity index (χ4v) is 5.82. The molecule has 4 nitrogen and oxygen atoms in total. The summed E-state index contributed by atoms with van der Waals surface area (Å²) in [5, 5.41) is 5.08. The van der Waals surface area contributed by atoms with Gasteiger partial charge in [0.05, 0.1) is 18.0 Å². The molecule has 2 aromatic heterocycles. The van der Waals surface area contributed by atoms with E-state index in [1.54, 1.807) is 11.3 Å². The fourth-order valence-electron chi connectivity index (χ4n) is 5.15. The molecule has 3 aromatic rings. The summed E-state index contributed by atoms with van der Waals surface area (Å²) in [6.45, 7) is 6.10. The molecule has 2 bridgehead atoms. The molecule has 3 aliphatic heterocycles. The normalized spacial score (nSPS) is 26.4. The minimum atomic E-state index is -0.294. The lowest BCUT2D eigenvalue weighted by molar-refractivity contribution is -0.156. The predicted molar refractivity (Wildman–Crippen MR) is 120 cm³/mol. The molecular weight excluding hydrogens is 392 g/mol. The molecule has 0 saturated carbocycles. The van der Waals surface area contributed by atoms with Crippen molar-refractivity contribution in [3.05, 3.63) is 77.1 Å². The maximum absolute atomic E-state index is 12.9. The summed E-state index contributed by atoms with van der Waals surface area (Å²) in [4.78, 5) is 20.0. The van der Waals surface area contributed by atoms with Gasteiger partial charge in [0.25, 0.3) is 0 Å². The highest BCUT2D eigenvalue weighted by Crippen LogP contribution is 2.43. The topological polar surface area (TPSA) is 42.4 Å². The van der Waals surface area contributed by atoms with Gasteiger partial charge in [-0.3, -0.25) is 14.7 Å². The monoisotopic (exact) mass is 418 g/mol. The number of hydrogen-bond acceptors (Lipinski definition) is 5. The van der Waals surface area contributed by atoms with E-state index in [2.05, 4.69) is 28.6 Å². The number of hydrogen-bond donors (Lipinski definition) is 0. The smallest absolute Gasteiger partial charge is 0.310 e. The predicted octanol–water partition coefficient (Wildman–Crippen LogP) is 5.02. The zero-order valence-electron chi connectivity index (χ0n) is 16.9. The van der Waals surface area contributed by atoms with Crippen molar-refractivity contribution in [2.75, 3.05) is 13.1 Å². The van der Waals surface area contributed by atoms with Crippen molar-refractivity contribution in [3.8, 4) is 0 Å². The van der Waals surface area contributed by atoms with Gasteiger partial charge in [-0.2, -0.15) is 11.3 Å². The zero-order chi connectivity index (χ0) is 20.5. The highest BCUT2D eigenvalue weighted by atomic mass is 32.1. The Morgan fingerprint density at radius 2 is 2.23 bits per heavy atom. The van der Waals surface area contributed by atoms with Gasteiger partial charge in [0.2, 0.25) is 0 Å². The molecule has 3 saturated heterocycles. The van der Waals surface area contributed by atoms with E-state index in [9.17, 15) is 4.79 Å². The van der Waals surface area contributed by atoms with E-state index >= 15 is 0 Å². The van der Waals surface area contributed by atoms with Crippen LogP contribution in [0, 0.1) is 11.8 Å².